The Morgan fingerprint density at radius 3 is 2.86 bits per heavy atom. The second kappa shape index (κ2) is 2.87. The molecule has 0 spiro atoms. The molecule has 1 aromatic heterocycles. The number of fused-ring (bicyclic) bond motifs is 1. The molecule has 0 radical (unpaired) electrons. The third-order valence-electron chi connectivity index (χ3n) is 2.39. The highest BCUT2D eigenvalue weighted by molar-refractivity contribution is 5.97. The molecule has 1 aliphatic heterocycles. The number of hydrogen-bond donors (Lipinski definition) is 1. The van der Waals surface area contributed by atoms with Crippen LogP contribution in [0.4, 0.5) is 0 Å². The van der Waals surface area contributed by atoms with E-state index in [2.05, 4.69) is 0 Å². The summed E-state index contributed by atoms with van der Waals surface area (Å²) in [5, 5.41) is 8.75. The Morgan fingerprint density at radius 2 is 2.21 bits per heavy atom. The molecule has 74 valence electrons. The molecule has 5 nitrogen and oxygen atoms in total. The predicted octanol–water partition coefficient (Wildman–Crippen LogP) is 0.272. The standard InChI is InChI=1S/C9H10N2O3/c1-10-2-3-11-5-6(9(13)14)4-7(11)8(10)12/h4-5H,2-3H2,1H3,(H,13,14). The number of carboxylic acids is 1. The molecule has 0 saturated heterocycles. The zero-order valence-corrected chi connectivity index (χ0v) is 7.73. The van der Waals surface area contributed by atoms with E-state index in [4.69, 9.17) is 5.11 Å². The molecule has 0 saturated carbocycles. The van der Waals surface area contributed by atoms with Gasteiger partial charge in [0.15, 0.2) is 0 Å². The van der Waals surface area contributed by atoms with Gasteiger partial charge in [0.2, 0.25) is 0 Å². The molecule has 0 atom stereocenters. The number of carbonyl (C=O) groups is 2. The number of rotatable bonds is 1. The zero-order valence-electron chi connectivity index (χ0n) is 7.73. The molecule has 0 unspecified atom stereocenters. The minimum atomic E-state index is -0.998. The molecular weight excluding hydrogens is 184 g/mol. The van der Waals surface area contributed by atoms with E-state index in [0.717, 1.165) is 0 Å². The van der Waals surface area contributed by atoms with Crippen molar-refractivity contribution in [3.8, 4) is 0 Å². The molecule has 0 bridgehead atoms. The lowest BCUT2D eigenvalue weighted by atomic mass is 10.3. The van der Waals surface area contributed by atoms with Crippen molar-refractivity contribution in [3.05, 3.63) is 23.5 Å². The number of aromatic carboxylic acids is 1. The lowest BCUT2D eigenvalue weighted by Crippen LogP contribution is -2.36. The van der Waals surface area contributed by atoms with Crippen LogP contribution < -0.4 is 0 Å². The molecule has 14 heavy (non-hydrogen) atoms. The van der Waals surface area contributed by atoms with Crippen LogP contribution in [0.15, 0.2) is 12.3 Å². The Kier molecular flexibility index (Phi) is 1.80. The molecule has 2 heterocycles. The van der Waals surface area contributed by atoms with E-state index < -0.39 is 5.97 Å². The lowest BCUT2D eigenvalue weighted by molar-refractivity contribution is 0.0695. The van der Waals surface area contributed by atoms with Gasteiger partial charge in [0, 0.05) is 26.3 Å². The fourth-order valence-corrected chi connectivity index (χ4v) is 1.55. The van der Waals surface area contributed by atoms with Gasteiger partial charge in [-0.25, -0.2) is 4.79 Å². The summed E-state index contributed by atoms with van der Waals surface area (Å²) in [5.41, 5.74) is 0.625. The summed E-state index contributed by atoms with van der Waals surface area (Å²) in [6.07, 6.45) is 1.50. The number of amides is 1. The Bertz CT molecular complexity index is 408. The Balaban J connectivity index is 2.46. The molecule has 5 heteroatoms. The fourth-order valence-electron chi connectivity index (χ4n) is 1.55. The van der Waals surface area contributed by atoms with E-state index in [9.17, 15) is 9.59 Å². The normalized spacial score (nSPS) is 15.5. The topological polar surface area (TPSA) is 62.5 Å². The average molecular weight is 194 g/mol. The summed E-state index contributed by atoms with van der Waals surface area (Å²) < 4.78 is 1.69. The first-order valence-corrected chi connectivity index (χ1v) is 4.28. The number of carbonyl (C=O) groups excluding carboxylic acids is 1. The highest BCUT2D eigenvalue weighted by Crippen LogP contribution is 2.15. The highest BCUT2D eigenvalue weighted by Gasteiger charge is 2.23. The van der Waals surface area contributed by atoms with Crippen LogP contribution in [0.25, 0.3) is 0 Å². The summed E-state index contributed by atoms with van der Waals surface area (Å²) in [5.74, 6) is -1.12. The SMILES string of the molecule is CN1CCn2cc(C(=O)O)cc2C1=O. The number of nitrogens with zero attached hydrogens (tertiary/aromatic N) is 2. The molecule has 1 aromatic rings. The molecule has 0 fully saturated rings. The van der Waals surface area contributed by atoms with Crippen LogP contribution in [-0.4, -0.2) is 40.0 Å². The van der Waals surface area contributed by atoms with Gasteiger partial charge in [0.1, 0.15) is 5.69 Å². The summed E-state index contributed by atoms with van der Waals surface area (Å²) in [4.78, 5) is 23.8. The molecule has 0 aromatic carbocycles. The average Bonchev–Trinajstić information content (AvgIpc) is 2.56. The summed E-state index contributed by atoms with van der Waals surface area (Å²) in [6.45, 7) is 1.28. The number of carboxylic acid groups (broad SMARTS) is 1. The van der Waals surface area contributed by atoms with E-state index in [1.807, 2.05) is 0 Å². The van der Waals surface area contributed by atoms with Crippen LogP contribution in [0.2, 0.25) is 0 Å². The quantitative estimate of drug-likeness (QED) is 0.698. The van der Waals surface area contributed by atoms with Crippen LogP contribution in [0, 0.1) is 0 Å². The van der Waals surface area contributed by atoms with Gasteiger partial charge >= 0.3 is 5.97 Å². The lowest BCUT2D eigenvalue weighted by Gasteiger charge is -2.24. The zero-order chi connectivity index (χ0) is 10.3. The largest absolute Gasteiger partial charge is 0.478 e. The Labute approximate surface area is 80.5 Å². The van der Waals surface area contributed by atoms with Crippen LogP contribution in [0.3, 0.4) is 0 Å². The third-order valence-corrected chi connectivity index (χ3v) is 2.39. The van der Waals surface area contributed by atoms with Gasteiger partial charge in [0.25, 0.3) is 5.91 Å². The highest BCUT2D eigenvalue weighted by atomic mass is 16.4. The molecule has 1 amide bonds. The van der Waals surface area contributed by atoms with E-state index in [-0.39, 0.29) is 11.5 Å². The van der Waals surface area contributed by atoms with E-state index in [0.29, 0.717) is 18.8 Å². The van der Waals surface area contributed by atoms with Crippen molar-refractivity contribution < 1.29 is 14.7 Å². The van der Waals surface area contributed by atoms with Gasteiger partial charge < -0.3 is 14.6 Å². The van der Waals surface area contributed by atoms with Crippen molar-refractivity contribution in [2.45, 2.75) is 6.54 Å². The van der Waals surface area contributed by atoms with Crippen LogP contribution in [0.5, 0.6) is 0 Å². The van der Waals surface area contributed by atoms with Crippen LogP contribution >= 0.6 is 0 Å². The monoisotopic (exact) mass is 194 g/mol. The van der Waals surface area contributed by atoms with E-state index in [1.165, 1.54) is 12.3 Å². The smallest absolute Gasteiger partial charge is 0.337 e. The van der Waals surface area contributed by atoms with E-state index in [1.54, 1.807) is 16.5 Å². The van der Waals surface area contributed by atoms with Gasteiger partial charge in [-0.1, -0.05) is 0 Å². The van der Waals surface area contributed by atoms with Crippen molar-refractivity contribution in [2.24, 2.45) is 0 Å². The van der Waals surface area contributed by atoms with Crippen molar-refractivity contribution in [1.29, 1.82) is 0 Å². The van der Waals surface area contributed by atoms with Gasteiger partial charge in [-0.05, 0) is 6.07 Å². The summed E-state index contributed by atoms with van der Waals surface area (Å²) in [7, 11) is 1.71. The molecule has 0 aliphatic carbocycles. The maximum absolute atomic E-state index is 11.6. The van der Waals surface area contributed by atoms with Crippen molar-refractivity contribution in [2.75, 3.05) is 13.6 Å². The first kappa shape index (κ1) is 8.80. The van der Waals surface area contributed by atoms with E-state index >= 15 is 0 Å². The van der Waals surface area contributed by atoms with Crippen LogP contribution in [-0.2, 0) is 6.54 Å². The summed E-state index contributed by atoms with van der Waals surface area (Å²) >= 11 is 0. The minimum absolute atomic E-state index is 0.122. The van der Waals surface area contributed by atoms with Gasteiger partial charge in [-0.15, -0.1) is 0 Å². The van der Waals surface area contributed by atoms with Gasteiger partial charge in [0.05, 0.1) is 5.56 Å². The first-order valence-electron chi connectivity index (χ1n) is 4.28. The maximum atomic E-state index is 11.6. The van der Waals surface area contributed by atoms with Crippen molar-refractivity contribution >= 4 is 11.9 Å². The van der Waals surface area contributed by atoms with Crippen LogP contribution in [0.1, 0.15) is 20.8 Å². The minimum Gasteiger partial charge on any atom is -0.478 e. The number of hydrogen-bond acceptors (Lipinski definition) is 2. The predicted molar refractivity (Wildman–Crippen MR) is 48.4 cm³/mol. The van der Waals surface area contributed by atoms with Gasteiger partial charge in [-0.3, -0.25) is 4.79 Å². The maximum Gasteiger partial charge on any atom is 0.337 e. The Morgan fingerprint density at radius 1 is 1.50 bits per heavy atom. The second-order valence-corrected chi connectivity index (χ2v) is 3.34. The third kappa shape index (κ3) is 1.17. The second-order valence-electron chi connectivity index (χ2n) is 3.34. The van der Waals surface area contributed by atoms with Gasteiger partial charge in [-0.2, -0.15) is 0 Å². The first-order chi connectivity index (χ1) is 6.59. The fraction of sp³-hybridized carbons (Fsp3) is 0.333. The molecule has 2 rings (SSSR count). The van der Waals surface area contributed by atoms with Crippen molar-refractivity contribution in [3.63, 3.8) is 0 Å². The molecule has 1 N–H and O–H groups in total. The number of aromatic nitrogens is 1. The van der Waals surface area contributed by atoms with Crippen molar-refractivity contribution in [1.82, 2.24) is 9.47 Å². The number of likely N-dealkylation sites (N-methyl/N-ethyl adjacent to an activating group) is 1. The molecular formula is C9H10N2O3. The Hall–Kier alpha value is -1.78. The molecule has 1 aliphatic rings. The summed E-state index contributed by atoms with van der Waals surface area (Å²) in [6, 6.07) is 1.42.